The summed E-state index contributed by atoms with van der Waals surface area (Å²) in [5, 5.41) is 2.14. The van der Waals surface area contributed by atoms with Crippen molar-refractivity contribution in [2.75, 3.05) is 0 Å². The van der Waals surface area contributed by atoms with Crippen molar-refractivity contribution in [2.24, 2.45) is 5.73 Å². The van der Waals surface area contributed by atoms with Crippen LogP contribution in [0.1, 0.15) is 38.2 Å². The molecular weight excluding hydrogens is 414 g/mol. The zero-order valence-electron chi connectivity index (χ0n) is 15.9. The minimum Gasteiger partial charge on any atom is -0.368 e. The fourth-order valence-electron chi connectivity index (χ4n) is 2.93. The van der Waals surface area contributed by atoms with Crippen LogP contribution < -0.4 is 11.1 Å². The van der Waals surface area contributed by atoms with Gasteiger partial charge in [-0.25, -0.2) is 0 Å². The Bertz CT molecular complexity index is 914. The van der Waals surface area contributed by atoms with Gasteiger partial charge < -0.3 is 11.1 Å². The molecule has 10 heteroatoms. The van der Waals surface area contributed by atoms with Gasteiger partial charge in [0.05, 0.1) is 11.1 Å². The summed E-state index contributed by atoms with van der Waals surface area (Å²) in [4.78, 5) is 24.2. The normalized spacial score (nSPS) is 13.1. The Morgan fingerprint density at radius 2 is 1.40 bits per heavy atom. The summed E-state index contributed by atoms with van der Waals surface area (Å²) in [5.74, 6) is -2.25. The highest BCUT2D eigenvalue weighted by Gasteiger charge is 2.37. The van der Waals surface area contributed by atoms with Crippen molar-refractivity contribution in [3.05, 3.63) is 69.8 Å². The molecule has 0 saturated carbocycles. The van der Waals surface area contributed by atoms with Gasteiger partial charge in [0, 0.05) is 12.0 Å². The molecule has 0 aliphatic heterocycles. The fourth-order valence-corrected chi connectivity index (χ4v) is 2.93. The van der Waals surface area contributed by atoms with Crippen LogP contribution in [0.2, 0.25) is 0 Å². The van der Waals surface area contributed by atoms with Crippen molar-refractivity contribution < 1.29 is 35.9 Å². The highest BCUT2D eigenvalue weighted by molar-refractivity contribution is 5.97. The molecule has 0 fully saturated rings. The number of hydrogen-bond acceptors (Lipinski definition) is 2. The smallest absolute Gasteiger partial charge is 0.368 e. The summed E-state index contributed by atoms with van der Waals surface area (Å²) >= 11 is 0. The number of benzene rings is 2. The van der Waals surface area contributed by atoms with Gasteiger partial charge in [0.15, 0.2) is 0 Å². The Labute approximate surface area is 168 Å². The number of nitrogens with two attached hydrogens (primary N) is 1. The third-order valence-corrected chi connectivity index (χ3v) is 4.55. The van der Waals surface area contributed by atoms with Crippen molar-refractivity contribution in [3.63, 3.8) is 0 Å². The van der Waals surface area contributed by atoms with Crippen molar-refractivity contribution in [2.45, 2.75) is 38.7 Å². The van der Waals surface area contributed by atoms with Gasteiger partial charge in [-0.2, -0.15) is 26.3 Å². The number of alkyl halides is 6. The molecule has 0 unspecified atom stereocenters. The molecule has 4 nitrogen and oxygen atoms in total. The molecule has 30 heavy (non-hydrogen) atoms. The summed E-state index contributed by atoms with van der Waals surface area (Å²) in [6.07, 6.45) is -10.3. The predicted octanol–water partition coefficient (Wildman–Crippen LogP) is 4.17. The van der Waals surface area contributed by atoms with E-state index in [1.807, 2.05) is 0 Å². The number of amides is 2. The third kappa shape index (κ3) is 5.52. The second-order valence-corrected chi connectivity index (χ2v) is 6.80. The van der Waals surface area contributed by atoms with E-state index in [4.69, 9.17) is 5.73 Å². The van der Waals surface area contributed by atoms with Crippen LogP contribution in [0.4, 0.5) is 26.3 Å². The van der Waals surface area contributed by atoms with Crippen LogP contribution in [-0.4, -0.2) is 17.9 Å². The first-order valence-electron chi connectivity index (χ1n) is 8.65. The molecule has 0 aromatic heterocycles. The van der Waals surface area contributed by atoms with Gasteiger partial charge in [-0.05, 0) is 48.7 Å². The van der Waals surface area contributed by atoms with Crippen LogP contribution in [0, 0.1) is 13.8 Å². The number of primary amides is 1. The van der Waals surface area contributed by atoms with Crippen LogP contribution in [0.15, 0.2) is 36.4 Å². The van der Waals surface area contributed by atoms with Crippen LogP contribution in [0.3, 0.4) is 0 Å². The topological polar surface area (TPSA) is 72.2 Å². The average molecular weight is 432 g/mol. The van der Waals surface area contributed by atoms with Gasteiger partial charge in [0.25, 0.3) is 5.91 Å². The molecule has 0 bridgehead atoms. The fraction of sp³-hybridized carbons (Fsp3) is 0.300. The monoisotopic (exact) mass is 432 g/mol. The van der Waals surface area contributed by atoms with E-state index in [-0.39, 0.29) is 12.5 Å². The highest BCUT2D eigenvalue weighted by Crippen LogP contribution is 2.36. The Morgan fingerprint density at radius 1 is 0.933 bits per heavy atom. The first kappa shape index (κ1) is 23.2. The van der Waals surface area contributed by atoms with E-state index < -0.39 is 46.9 Å². The van der Waals surface area contributed by atoms with Crippen LogP contribution in [0.25, 0.3) is 0 Å². The molecule has 0 radical (unpaired) electrons. The molecule has 2 amide bonds. The van der Waals surface area contributed by atoms with E-state index in [9.17, 15) is 35.9 Å². The molecule has 3 N–H and O–H groups in total. The third-order valence-electron chi connectivity index (χ3n) is 4.55. The Hall–Kier alpha value is -3.04. The van der Waals surface area contributed by atoms with Gasteiger partial charge in [0.1, 0.15) is 6.04 Å². The molecule has 2 aromatic rings. The molecule has 0 heterocycles. The molecule has 1 atom stereocenters. The minimum absolute atomic E-state index is 0.0648. The van der Waals surface area contributed by atoms with Gasteiger partial charge in [-0.3, -0.25) is 9.59 Å². The highest BCUT2D eigenvalue weighted by atomic mass is 19.4. The van der Waals surface area contributed by atoms with E-state index in [2.05, 4.69) is 5.32 Å². The van der Waals surface area contributed by atoms with Gasteiger partial charge in [-0.15, -0.1) is 0 Å². The number of carbonyl (C=O) groups is 2. The van der Waals surface area contributed by atoms with Gasteiger partial charge >= 0.3 is 12.4 Å². The molecule has 0 saturated heterocycles. The Balaban J connectivity index is 2.39. The van der Waals surface area contributed by atoms with Crippen molar-refractivity contribution in [1.82, 2.24) is 5.32 Å². The van der Waals surface area contributed by atoms with E-state index in [1.165, 1.54) is 0 Å². The lowest BCUT2D eigenvalue weighted by atomic mass is 9.95. The van der Waals surface area contributed by atoms with Crippen LogP contribution >= 0.6 is 0 Å². The Morgan fingerprint density at radius 3 is 1.80 bits per heavy atom. The van der Waals surface area contributed by atoms with Crippen molar-refractivity contribution >= 4 is 11.8 Å². The quantitative estimate of drug-likeness (QED) is 0.697. The van der Waals surface area contributed by atoms with Gasteiger partial charge in [-0.1, -0.05) is 18.2 Å². The number of nitrogens with one attached hydrogen (secondary N) is 1. The number of hydrogen-bond donors (Lipinski definition) is 2. The van der Waals surface area contributed by atoms with E-state index in [1.54, 1.807) is 32.0 Å². The van der Waals surface area contributed by atoms with E-state index in [0.29, 0.717) is 17.7 Å². The van der Waals surface area contributed by atoms with Crippen LogP contribution in [-0.2, 0) is 23.6 Å². The first-order chi connectivity index (χ1) is 13.7. The lowest BCUT2D eigenvalue weighted by Crippen LogP contribution is -2.46. The second-order valence-electron chi connectivity index (χ2n) is 6.80. The molecule has 2 rings (SSSR count). The second kappa shape index (κ2) is 8.37. The molecule has 2 aromatic carbocycles. The van der Waals surface area contributed by atoms with Crippen molar-refractivity contribution in [3.8, 4) is 0 Å². The average Bonchev–Trinajstić information content (AvgIpc) is 2.61. The van der Waals surface area contributed by atoms with Gasteiger partial charge in [0.2, 0.25) is 5.91 Å². The number of halogens is 6. The SMILES string of the molecule is Cc1cccc(C)c1C[C@H](NC(=O)c1cc(C(F)(F)F)cc(C(F)(F)F)c1)C(N)=O. The molecule has 0 spiro atoms. The predicted molar refractivity (Wildman–Crippen MR) is 96.5 cm³/mol. The molecular formula is C20H18F6N2O2. The number of aryl methyl sites for hydroxylation is 2. The van der Waals surface area contributed by atoms with E-state index >= 15 is 0 Å². The van der Waals surface area contributed by atoms with E-state index in [0.717, 1.165) is 11.1 Å². The van der Waals surface area contributed by atoms with Crippen LogP contribution in [0.5, 0.6) is 0 Å². The molecule has 0 aliphatic carbocycles. The maximum absolute atomic E-state index is 13.0. The zero-order valence-corrected chi connectivity index (χ0v) is 15.9. The number of rotatable bonds is 5. The van der Waals surface area contributed by atoms with Crippen molar-refractivity contribution in [1.29, 1.82) is 0 Å². The lowest BCUT2D eigenvalue weighted by molar-refractivity contribution is -0.143. The molecule has 162 valence electrons. The summed E-state index contributed by atoms with van der Waals surface area (Å²) in [6.45, 7) is 3.51. The minimum atomic E-state index is -5.10. The first-order valence-corrected chi connectivity index (χ1v) is 8.65. The summed E-state index contributed by atoms with van der Waals surface area (Å²) in [5.41, 5.74) is 3.40. The summed E-state index contributed by atoms with van der Waals surface area (Å²) in [6, 6.07) is 4.45. The standard InChI is InChI=1S/C20H18F6N2O2/c1-10-4-3-5-11(2)15(10)9-16(17(27)29)28-18(30)12-6-13(19(21,22)23)8-14(7-12)20(24,25)26/h3-8,16H,9H2,1-2H3,(H2,27,29)(H,28,30)/t16-/m0/s1. The maximum atomic E-state index is 13.0. The largest absolute Gasteiger partial charge is 0.416 e. The number of carbonyl (C=O) groups excluding carboxylic acids is 2. The zero-order chi connectivity index (χ0) is 22.9. The Kier molecular flexibility index (Phi) is 6.48. The lowest BCUT2D eigenvalue weighted by Gasteiger charge is -2.19. The maximum Gasteiger partial charge on any atom is 0.416 e. The molecule has 0 aliphatic rings. The summed E-state index contributed by atoms with van der Waals surface area (Å²) in [7, 11) is 0. The summed E-state index contributed by atoms with van der Waals surface area (Å²) < 4.78 is 78.0.